The number of aryl methyl sites for hydroxylation is 1. The summed E-state index contributed by atoms with van der Waals surface area (Å²) in [4.78, 5) is 15.8. The Balaban J connectivity index is 1.99. The van der Waals surface area contributed by atoms with E-state index in [1.807, 2.05) is 4.57 Å². The van der Waals surface area contributed by atoms with Crippen molar-refractivity contribution in [3.05, 3.63) is 17.7 Å². The van der Waals surface area contributed by atoms with Gasteiger partial charge in [0.2, 0.25) is 5.91 Å². The smallest absolute Gasteiger partial charge is 0.240 e. The van der Waals surface area contributed by atoms with Crippen molar-refractivity contribution in [2.75, 3.05) is 13.2 Å². The number of aliphatic hydroxyl groups excluding tert-OH is 1. The Kier molecular flexibility index (Phi) is 3.56. The van der Waals surface area contributed by atoms with Gasteiger partial charge in [-0.3, -0.25) is 4.79 Å². The van der Waals surface area contributed by atoms with Crippen molar-refractivity contribution in [1.29, 1.82) is 0 Å². The number of amides is 1. The van der Waals surface area contributed by atoms with Gasteiger partial charge < -0.3 is 15.0 Å². The normalized spacial score (nSPS) is 14.6. The molecule has 2 rings (SSSR count). The molecule has 16 heavy (non-hydrogen) atoms. The molecule has 0 spiro atoms. The van der Waals surface area contributed by atoms with Crippen LogP contribution >= 0.6 is 0 Å². The first kappa shape index (κ1) is 11.1. The molecule has 0 aliphatic heterocycles. The van der Waals surface area contributed by atoms with E-state index >= 15 is 0 Å². The molecule has 1 aliphatic carbocycles. The Bertz CT molecular complexity index is 373. The van der Waals surface area contributed by atoms with E-state index < -0.39 is 0 Å². The standard InChI is InChI=1S/C11H17N3O2/c15-6-5-12-11(16)7-14-8-13-9-3-1-2-4-10(9)14/h8,15H,1-7H2,(H,12,16). The van der Waals surface area contributed by atoms with Gasteiger partial charge >= 0.3 is 0 Å². The van der Waals surface area contributed by atoms with Gasteiger partial charge in [-0.15, -0.1) is 0 Å². The van der Waals surface area contributed by atoms with Crippen LogP contribution < -0.4 is 5.32 Å². The molecular formula is C11H17N3O2. The number of nitrogens with one attached hydrogen (secondary N) is 1. The highest BCUT2D eigenvalue weighted by Crippen LogP contribution is 2.19. The quantitative estimate of drug-likeness (QED) is 0.747. The summed E-state index contributed by atoms with van der Waals surface area (Å²) in [6.07, 6.45) is 6.16. The minimum atomic E-state index is -0.0696. The fraction of sp³-hybridized carbons (Fsp3) is 0.636. The van der Waals surface area contributed by atoms with Crippen LogP contribution in [0.5, 0.6) is 0 Å². The number of imidazole rings is 1. The first-order valence-corrected chi connectivity index (χ1v) is 5.71. The Labute approximate surface area is 94.5 Å². The van der Waals surface area contributed by atoms with E-state index in [9.17, 15) is 4.79 Å². The van der Waals surface area contributed by atoms with Crippen molar-refractivity contribution >= 4 is 5.91 Å². The zero-order chi connectivity index (χ0) is 11.4. The summed E-state index contributed by atoms with van der Waals surface area (Å²) in [5, 5.41) is 11.2. The fourth-order valence-electron chi connectivity index (χ4n) is 2.07. The van der Waals surface area contributed by atoms with Crippen molar-refractivity contribution in [1.82, 2.24) is 14.9 Å². The molecule has 1 heterocycles. The average molecular weight is 223 g/mol. The molecule has 1 aromatic heterocycles. The molecule has 0 radical (unpaired) electrons. The number of carbonyl (C=O) groups is 1. The second-order valence-electron chi connectivity index (χ2n) is 4.05. The number of aliphatic hydroxyl groups is 1. The van der Waals surface area contributed by atoms with Crippen molar-refractivity contribution in [3.8, 4) is 0 Å². The van der Waals surface area contributed by atoms with E-state index in [-0.39, 0.29) is 12.5 Å². The van der Waals surface area contributed by atoms with Crippen LogP contribution in [-0.4, -0.2) is 33.7 Å². The maximum Gasteiger partial charge on any atom is 0.240 e. The van der Waals surface area contributed by atoms with Crippen LogP contribution in [0.3, 0.4) is 0 Å². The first-order valence-electron chi connectivity index (χ1n) is 5.71. The lowest BCUT2D eigenvalue weighted by Crippen LogP contribution is -2.30. The number of rotatable bonds is 4. The van der Waals surface area contributed by atoms with Crippen LogP contribution in [0.25, 0.3) is 0 Å². The summed E-state index contributed by atoms with van der Waals surface area (Å²) < 4.78 is 1.92. The first-order chi connectivity index (χ1) is 7.81. The van der Waals surface area contributed by atoms with Gasteiger partial charge in [0, 0.05) is 12.2 Å². The Morgan fingerprint density at radius 1 is 1.50 bits per heavy atom. The topological polar surface area (TPSA) is 67.2 Å². The van der Waals surface area contributed by atoms with E-state index in [2.05, 4.69) is 10.3 Å². The highest BCUT2D eigenvalue weighted by atomic mass is 16.3. The van der Waals surface area contributed by atoms with Crippen molar-refractivity contribution < 1.29 is 9.90 Å². The molecule has 0 aromatic carbocycles. The Morgan fingerprint density at radius 2 is 2.31 bits per heavy atom. The lowest BCUT2D eigenvalue weighted by atomic mass is 10.0. The van der Waals surface area contributed by atoms with Crippen molar-refractivity contribution in [2.45, 2.75) is 32.2 Å². The maximum absolute atomic E-state index is 11.5. The third-order valence-electron chi connectivity index (χ3n) is 2.86. The van der Waals surface area contributed by atoms with Gasteiger partial charge in [-0.2, -0.15) is 0 Å². The van der Waals surface area contributed by atoms with Crippen LogP contribution in [0.15, 0.2) is 6.33 Å². The van der Waals surface area contributed by atoms with Crippen LogP contribution in [0.2, 0.25) is 0 Å². The molecule has 0 fully saturated rings. The molecule has 2 N–H and O–H groups in total. The van der Waals surface area contributed by atoms with Crippen molar-refractivity contribution in [2.24, 2.45) is 0 Å². The minimum Gasteiger partial charge on any atom is -0.395 e. The second kappa shape index (κ2) is 5.12. The summed E-state index contributed by atoms with van der Waals surface area (Å²) in [7, 11) is 0. The summed E-state index contributed by atoms with van der Waals surface area (Å²) in [5.41, 5.74) is 2.34. The summed E-state index contributed by atoms with van der Waals surface area (Å²) in [5.74, 6) is -0.0696. The highest BCUT2D eigenvalue weighted by molar-refractivity contribution is 5.75. The highest BCUT2D eigenvalue weighted by Gasteiger charge is 2.16. The Morgan fingerprint density at radius 3 is 3.12 bits per heavy atom. The van der Waals surface area contributed by atoms with Crippen LogP contribution in [0.1, 0.15) is 24.2 Å². The number of aromatic nitrogens is 2. The van der Waals surface area contributed by atoms with Crippen molar-refractivity contribution in [3.63, 3.8) is 0 Å². The molecule has 0 unspecified atom stereocenters. The molecule has 5 heteroatoms. The SMILES string of the molecule is O=C(Cn1cnc2c1CCCC2)NCCO. The van der Waals surface area contributed by atoms with E-state index in [0.717, 1.165) is 18.5 Å². The van der Waals surface area contributed by atoms with Gasteiger partial charge in [0.15, 0.2) is 0 Å². The van der Waals surface area contributed by atoms with Gasteiger partial charge in [-0.1, -0.05) is 0 Å². The van der Waals surface area contributed by atoms with Crippen LogP contribution in [-0.2, 0) is 24.2 Å². The van der Waals surface area contributed by atoms with E-state index in [4.69, 9.17) is 5.11 Å². The van der Waals surface area contributed by atoms with Crippen LogP contribution in [0.4, 0.5) is 0 Å². The molecule has 0 bridgehead atoms. The number of nitrogens with zero attached hydrogens (tertiary/aromatic N) is 2. The molecule has 0 atom stereocenters. The third kappa shape index (κ3) is 2.41. The van der Waals surface area contributed by atoms with Gasteiger partial charge in [0.1, 0.15) is 6.54 Å². The minimum absolute atomic E-state index is 0.0201. The molecular weight excluding hydrogens is 206 g/mol. The third-order valence-corrected chi connectivity index (χ3v) is 2.86. The molecule has 0 saturated heterocycles. The molecule has 1 aromatic rings. The predicted octanol–water partition coefficient (Wildman–Crippen LogP) is -0.130. The second-order valence-corrected chi connectivity index (χ2v) is 4.05. The average Bonchev–Trinajstić information content (AvgIpc) is 2.70. The van der Waals surface area contributed by atoms with E-state index in [0.29, 0.717) is 13.1 Å². The zero-order valence-electron chi connectivity index (χ0n) is 9.28. The van der Waals surface area contributed by atoms with Gasteiger partial charge in [0.25, 0.3) is 0 Å². The van der Waals surface area contributed by atoms with Gasteiger partial charge in [-0.25, -0.2) is 4.98 Å². The molecule has 1 aliphatic rings. The maximum atomic E-state index is 11.5. The summed E-state index contributed by atoms with van der Waals surface area (Å²) >= 11 is 0. The lowest BCUT2D eigenvalue weighted by Gasteiger charge is -2.13. The largest absolute Gasteiger partial charge is 0.395 e. The molecule has 5 nitrogen and oxygen atoms in total. The number of hydrogen-bond donors (Lipinski definition) is 2. The van der Waals surface area contributed by atoms with Gasteiger partial charge in [0.05, 0.1) is 18.6 Å². The number of fused-ring (bicyclic) bond motifs is 1. The molecule has 1 amide bonds. The molecule has 0 saturated carbocycles. The zero-order valence-corrected chi connectivity index (χ0v) is 9.28. The monoisotopic (exact) mass is 223 g/mol. The van der Waals surface area contributed by atoms with Crippen LogP contribution in [0, 0.1) is 0 Å². The summed E-state index contributed by atoms with van der Waals surface area (Å²) in [6, 6.07) is 0. The summed E-state index contributed by atoms with van der Waals surface area (Å²) in [6.45, 7) is 0.603. The fourth-order valence-corrected chi connectivity index (χ4v) is 2.07. The lowest BCUT2D eigenvalue weighted by molar-refractivity contribution is -0.121. The number of carbonyl (C=O) groups excluding carboxylic acids is 1. The van der Waals surface area contributed by atoms with E-state index in [1.54, 1.807) is 6.33 Å². The Hall–Kier alpha value is -1.36. The predicted molar refractivity (Wildman–Crippen MR) is 59.0 cm³/mol. The molecule has 88 valence electrons. The van der Waals surface area contributed by atoms with E-state index in [1.165, 1.54) is 18.5 Å². The van der Waals surface area contributed by atoms with Gasteiger partial charge in [-0.05, 0) is 25.7 Å². The number of hydrogen-bond acceptors (Lipinski definition) is 3.